The second-order valence-corrected chi connectivity index (χ2v) is 6.52. The van der Waals surface area contributed by atoms with Crippen molar-refractivity contribution < 1.29 is 9.18 Å². The maximum absolute atomic E-state index is 13.9. The predicted octanol–water partition coefficient (Wildman–Crippen LogP) is 4.09. The molecule has 2 aromatic carbocycles. The van der Waals surface area contributed by atoms with Gasteiger partial charge in [0, 0.05) is 23.7 Å². The fourth-order valence-electron chi connectivity index (χ4n) is 3.18. The van der Waals surface area contributed by atoms with Crippen molar-refractivity contribution in [1.82, 2.24) is 19.6 Å². The molecule has 7 heteroatoms. The fraction of sp³-hybridized carbons (Fsp3) is 0.190. The first kappa shape index (κ1) is 17.9. The quantitative estimate of drug-likeness (QED) is 0.550. The van der Waals surface area contributed by atoms with Crippen molar-refractivity contribution in [3.05, 3.63) is 66.6 Å². The number of fused-ring (bicyclic) bond motifs is 1. The molecule has 1 amide bonds. The first-order valence-corrected chi connectivity index (χ1v) is 9.19. The SMILES string of the molecule is CCCn1nc(NC(=O)Cn2ccc(-c3ccccc3F)n2)c2ccccc21. The monoisotopic (exact) mass is 377 g/mol. The number of para-hydroxylation sites is 1. The third-order valence-electron chi connectivity index (χ3n) is 4.45. The molecule has 0 unspecified atom stereocenters. The Morgan fingerprint density at radius 2 is 1.86 bits per heavy atom. The molecule has 0 spiro atoms. The molecule has 28 heavy (non-hydrogen) atoms. The molecule has 0 saturated heterocycles. The van der Waals surface area contributed by atoms with E-state index >= 15 is 0 Å². The number of hydrogen-bond donors (Lipinski definition) is 1. The molecule has 0 aliphatic carbocycles. The van der Waals surface area contributed by atoms with E-state index in [0.717, 1.165) is 23.9 Å². The van der Waals surface area contributed by atoms with Crippen molar-refractivity contribution >= 4 is 22.6 Å². The third-order valence-corrected chi connectivity index (χ3v) is 4.45. The molecule has 142 valence electrons. The van der Waals surface area contributed by atoms with Gasteiger partial charge >= 0.3 is 0 Å². The number of carbonyl (C=O) groups excluding carboxylic acids is 1. The van der Waals surface area contributed by atoms with Gasteiger partial charge in [-0.25, -0.2) is 4.39 Å². The molecular weight excluding hydrogens is 357 g/mol. The van der Waals surface area contributed by atoms with Crippen LogP contribution < -0.4 is 5.32 Å². The Labute approximate surface area is 161 Å². The minimum atomic E-state index is -0.342. The van der Waals surface area contributed by atoms with Crippen LogP contribution in [0, 0.1) is 5.82 Å². The van der Waals surface area contributed by atoms with E-state index in [1.807, 2.05) is 28.9 Å². The summed E-state index contributed by atoms with van der Waals surface area (Å²) in [6.07, 6.45) is 2.61. The lowest BCUT2D eigenvalue weighted by molar-refractivity contribution is -0.116. The zero-order valence-corrected chi connectivity index (χ0v) is 15.5. The summed E-state index contributed by atoms with van der Waals surface area (Å²) >= 11 is 0. The zero-order chi connectivity index (χ0) is 19.5. The van der Waals surface area contributed by atoms with E-state index in [1.165, 1.54) is 10.7 Å². The summed E-state index contributed by atoms with van der Waals surface area (Å²) < 4.78 is 17.3. The molecule has 0 aliphatic heterocycles. The van der Waals surface area contributed by atoms with Crippen LogP contribution in [0.5, 0.6) is 0 Å². The molecule has 1 N–H and O–H groups in total. The van der Waals surface area contributed by atoms with Crippen LogP contribution in [-0.4, -0.2) is 25.5 Å². The van der Waals surface area contributed by atoms with Crippen LogP contribution in [0.2, 0.25) is 0 Å². The number of carbonyl (C=O) groups is 1. The molecule has 2 heterocycles. The molecule has 0 fully saturated rings. The van der Waals surface area contributed by atoms with Crippen LogP contribution in [0.3, 0.4) is 0 Å². The normalized spacial score (nSPS) is 11.1. The Morgan fingerprint density at radius 1 is 1.07 bits per heavy atom. The Balaban J connectivity index is 1.51. The summed E-state index contributed by atoms with van der Waals surface area (Å²) in [5.41, 5.74) is 1.88. The highest BCUT2D eigenvalue weighted by Gasteiger charge is 2.14. The highest BCUT2D eigenvalue weighted by Crippen LogP contribution is 2.23. The fourth-order valence-corrected chi connectivity index (χ4v) is 3.18. The van der Waals surface area contributed by atoms with Gasteiger partial charge in [0.05, 0.1) is 11.2 Å². The smallest absolute Gasteiger partial charge is 0.247 e. The van der Waals surface area contributed by atoms with Gasteiger partial charge in [0.25, 0.3) is 0 Å². The molecule has 0 radical (unpaired) electrons. The van der Waals surface area contributed by atoms with Crippen molar-refractivity contribution in [2.75, 3.05) is 5.32 Å². The van der Waals surface area contributed by atoms with Gasteiger partial charge in [-0.15, -0.1) is 0 Å². The minimum Gasteiger partial charge on any atom is -0.307 e. The van der Waals surface area contributed by atoms with E-state index in [-0.39, 0.29) is 18.3 Å². The standard InChI is InChI=1S/C21H20FN5O/c1-2-12-27-19-10-6-4-8-16(19)21(25-27)23-20(28)14-26-13-11-18(24-26)15-7-3-5-9-17(15)22/h3-11,13H,2,12,14H2,1H3,(H,23,25,28). The molecule has 4 rings (SSSR count). The zero-order valence-electron chi connectivity index (χ0n) is 15.5. The summed E-state index contributed by atoms with van der Waals surface area (Å²) in [4.78, 5) is 12.5. The minimum absolute atomic E-state index is 0.0173. The Hall–Kier alpha value is -3.48. The van der Waals surface area contributed by atoms with Crippen molar-refractivity contribution in [2.24, 2.45) is 0 Å². The van der Waals surface area contributed by atoms with Crippen molar-refractivity contribution in [1.29, 1.82) is 0 Å². The number of anilines is 1. The summed E-state index contributed by atoms with van der Waals surface area (Å²) in [5, 5.41) is 12.6. The lowest BCUT2D eigenvalue weighted by Gasteiger charge is -2.03. The van der Waals surface area contributed by atoms with Gasteiger partial charge < -0.3 is 5.32 Å². The van der Waals surface area contributed by atoms with Gasteiger partial charge in [-0.1, -0.05) is 31.2 Å². The van der Waals surface area contributed by atoms with E-state index in [2.05, 4.69) is 22.4 Å². The predicted molar refractivity (Wildman–Crippen MR) is 106 cm³/mol. The Morgan fingerprint density at radius 3 is 2.68 bits per heavy atom. The second kappa shape index (κ2) is 7.64. The highest BCUT2D eigenvalue weighted by molar-refractivity contribution is 5.99. The molecule has 0 saturated carbocycles. The van der Waals surface area contributed by atoms with E-state index in [4.69, 9.17) is 0 Å². The summed E-state index contributed by atoms with van der Waals surface area (Å²) in [6.45, 7) is 2.88. The maximum atomic E-state index is 13.9. The van der Waals surface area contributed by atoms with Crippen LogP contribution in [0.25, 0.3) is 22.2 Å². The summed E-state index contributed by atoms with van der Waals surface area (Å²) in [6, 6.07) is 15.9. The Kier molecular flexibility index (Phi) is 4.89. The molecule has 0 aliphatic rings. The first-order chi connectivity index (χ1) is 13.7. The van der Waals surface area contributed by atoms with Gasteiger partial charge in [-0.2, -0.15) is 10.2 Å². The molecule has 4 aromatic rings. The number of aryl methyl sites for hydroxylation is 1. The average molecular weight is 377 g/mol. The summed E-state index contributed by atoms with van der Waals surface area (Å²) in [5.74, 6) is -0.0456. The largest absolute Gasteiger partial charge is 0.307 e. The van der Waals surface area contributed by atoms with E-state index < -0.39 is 0 Å². The number of rotatable bonds is 6. The molecule has 0 bridgehead atoms. The van der Waals surface area contributed by atoms with Crippen molar-refractivity contribution in [3.63, 3.8) is 0 Å². The number of nitrogens with one attached hydrogen (secondary N) is 1. The molecule has 2 aromatic heterocycles. The molecular formula is C21H20FN5O. The van der Waals surface area contributed by atoms with Gasteiger partial charge in [0.2, 0.25) is 5.91 Å². The lowest BCUT2D eigenvalue weighted by atomic mass is 10.1. The van der Waals surface area contributed by atoms with Crippen LogP contribution in [0.1, 0.15) is 13.3 Å². The van der Waals surface area contributed by atoms with Crippen LogP contribution >= 0.6 is 0 Å². The lowest BCUT2D eigenvalue weighted by Crippen LogP contribution is -2.19. The van der Waals surface area contributed by atoms with E-state index in [9.17, 15) is 9.18 Å². The van der Waals surface area contributed by atoms with Crippen LogP contribution in [-0.2, 0) is 17.9 Å². The number of halogens is 1. The Bertz CT molecular complexity index is 1130. The van der Waals surface area contributed by atoms with Gasteiger partial charge in [0.15, 0.2) is 5.82 Å². The average Bonchev–Trinajstić information content (AvgIpc) is 3.28. The number of hydrogen-bond acceptors (Lipinski definition) is 3. The van der Waals surface area contributed by atoms with Crippen LogP contribution in [0.4, 0.5) is 10.2 Å². The van der Waals surface area contributed by atoms with Gasteiger partial charge in [0.1, 0.15) is 12.4 Å². The number of benzene rings is 2. The highest BCUT2D eigenvalue weighted by atomic mass is 19.1. The molecule has 6 nitrogen and oxygen atoms in total. The number of amides is 1. The number of aromatic nitrogens is 4. The second-order valence-electron chi connectivity index (χ2n) is 6.52. The van der Waals surface area contributed by atoms with E-state index in [0.29, 0.717) is 17.1 Å². The van der Waals surface area contributed by atoms with Gasteiger partial charge in [-0.3, -0.25) is 14.2 Å². The first-order valence-electron chi connectivity index (χ1n) is 9.19. The molecule has 0 atom stereocenters. The number of nitrogens with zero attached hydrogens (tertiary/aromatic N) is 4. The van der Waals surface area contributed by atoms with Crippen molar-refractivity contribution in [2.45, 2.75) is 26.4 Å². The van der Waals surface area contributed by atoms with Crippen molar-refractivity contribution in [3.8, 4) is 11.3 Å². The van der Waals surface area contributed by atoms with Gasteiger partial charge in [-0.05, 0) is 36.8 Å². The van der Waals surface area contributed by atoms with E-state index in [1.54, 1.807) is 30.5 Å². The third kappa shape index (κ3) is 3.51. The van der Waals surface area contributed by atoms with Crippen LogP contribution in [0.15, 0.2) is 60.8 Å². The maximum Gasteiger partial charge on any atom is 0.247 e. The topological polar surface area (TPSA) is 64.7 Å². The summed E-state index contributed by atoms with van der Waals surface area (Å²) in [7, 11) is 0.